The second-order valence-corrected chi connectivity index (χ2v) is 27.8. The average molecular weight is 1390 g/mol. The van der Waals surface area contributed by atoms with Crippen LogP contribution in [0.3, 0.4) is 0 Å². The van der Waals surface area contributed by atoms with Crippen molar-refractivity contribution in [3.63, 3.8) is 0 Å². The summed E-state index contributed by atoms with van der Waals surface area (Å²) in [5.74, 6) is -8.14. The van der Waals surface area contributed by atoms with Gasteiger partial charge in [-0.3, -0.25) is 9.59 Å². The van der Waals surface area contributed by atoms with Crippen molar-refractivity contribution in [3.8, 4) is 0 Å². The summed E-state index contributed by atoms with van der Waals surface area (Å²) >= 11 is 0. The molecule has 12 fully saturated rings. The summed E-state index contributed by atoms with van der Waals surface area (Å²) in [6, 6.07) is 0. The lowest BCUT2D eigenvalue weighted by Gasteiger charge is -2.61. The first-order valence-corrected chi connectivity index (χ1v) is 33.0. The van der Waals surface area contributed by atoms with Crippen LogP contribution in [0.4, 0.5) is 8.78 Å². The maximum Gasteiger partial charge on any atom is 0.376 e. The molecule has 4 aliphatic heterocycles. The quantitative estimate of drug-likeness (QED) is 0.0291. The number of hydrogen-bond donors (Lipinski definition) is 0. The molecule has 10 bridgehead atoms. The zero-order chi connectivity index (χ0) is 72.9. The van der Waals surface area contributed by atoms with Gasteiger partial charge < -0.3 is 66.3 Å². The Morgan fingerprint density at radius 2 is 1.12 bits per heavy atom. The van der Waals surface area contributed by atoms with E-state index in [1.807, 2.05) is 13.8 Å². The van der Waals surface area contributed by atoms with Crippen LogP contribution in [0.5, 0.6) is 0 Å². The van der Waals surface area contributed by atoms with E-state index >= 15 is 0 Å². The van der Waals surface area contributed by atoms with Crippen molar-refractivity contribution in [2.75, 3.05) is 39.6 Å². The normalized spacial score (nSPS) is 30.0. The minimum Gasteiger partial charge on any atom is -0.463 e. The third-order valence-corrected chi connectivity index (χ3v) is 18.2. The van der Waals surface area contributed by atoms with Gasteiger partial charge in [0.1, 0.15) is 43.2 Å². The van der Waals surface area contributed by atoms with Gasteiger partial charge in [-0.2, -0.15) is 8.78 Å². The number of rotatable bonds is 24. The standard InChI is InChI=1S/C23H36O6.C16H20O6.C14H16O6.C9H12F2O4.C8H10O4/c1-14(2)12-26-17(6)27-21(25)16(5)28-22-8-18-7-19(9-22)11-23(10-18,13-22)29-20(24)15(3)4;1-8(2)15(18)20-7-13(17)22-14-10-3-9-4-11(6-10)16(19)21-12(14)5-9;1-6(2)13(16)18-5-10(15)19-11-7-3-8-9(4-7)14(17)20-12(8)11;1-6(2)7(12)14-4-5-15-8(13)9(3,10)11;1-5(2)7(9)12-6-3-4-11-8(6)10/h14,16-19H,3,7-13H2,1-2,4-6H3;9-12,14H,1,3-7H2,2H3;7-9,11-12H,1,3-5H2,2H3;1,4-5H2,2-3H3;6H,1,3-4H2,2H3. The Morgan fingerprint density at radius 1 is 0.582 bits per heavy atom. The summed E-state index contributed by atoms with van der Waals surface area (Å²) in [5.41, 5.74) is 0.426. The molecule has 15 atom stereocenters. The number of hydrogen-bond acceptors (Lipinski definition) is 26. The molecule has 4 saturated heterocycles. The van der Waals surface area contributed by atoms with Crippen LogP contribution < -0.4 is 0 Å². The first kappa shape index (κ1) is 79.1. The maximum absolute atomic E-state index is 12.5. The highest BCUT2D eigenvalue weighted by molar-refractivity contribution is 5.91. The summed E-state index contributed by atoms with van der Waals surface area (Å²) < 4.78 is 96.8. The van der Waals surface area contributed by atoms with Crippen LogP contribution in [-0.2, 0) is 124 Å². The van der Waals surface area contributed by atoms with Crippen LogP contribution >= 0.6 is 0 Å². The third-order valence-electron chi connectivity index (χ3n) is 18.2. The number of esters is 12. The number of fused-ring (bicyclic) bond motifs is 2. The van der Waals surface area contributed by atoms with E-state index in [-0.39, 0.29) is 88.6 Å². The number of carbonyl (C=O) groups excluding carboxylic acids is 12. The van der Waals surface area contributed by atoms with E-state index in [0.29, 0.717) is 62.2 Å². The fraction of sp³-hybridized carbons (Fsp3) is 0.686. The Bertz CT molecular complexity index is 3070. The molecule has 26 nitrogen and oxygen atoms in total. The van der Waals surface area contributed by atoms with E-state index < -0.39 is 121 Å². The van der Waals surface area contributed by atoms with Crippen molar-refractivity contribution in [1.82, 2.24) is 0 Å². The van der Waals surface area contributed by atoms with Gasteiger partial charge in [0.2, 0.25) is 6.10 Å². The first-order valence-electron chi connectivity index (χ1n) is 33.0. The lowest BCUT2D eigenvalue weighted by Crippen LogP contribution is -2.62. The third kappa shape index (κ3) is 22.1. The number of halogens is 2. The van der Waals surface area contributed by atoms with Crippen LogP contribution in [0.25, 0.3) is 0 Å². The van der Waals surface area contributed by atoms with Gasteiger partial charge in [-0.15, -0.1) is 0 Å². The van der Waals surface area contributed by atoms with E-state index in [9.17, 15) is 66.3 Å². The van der Waals surface area contributed by atoms with Crippen LogP contribution in [0.15, 0.2) is 60.8 Å². The van der Waals surface area contributed by atoms with Crippen molar-refractivity contribution in [1.29, 1.82) is 0 Å². The molecule has 8 aliphatic carbocycles. The Kier molecular flexibility index (Phi) is 27.7. The highest BCUT2D eigenvalue weighted by Crippen LogP contribution is 2.61. The van der Waals surface area contributed by atoms with E-state index in [2.05, 4.69) is 47.1 Å². The lowest BCUT2D eigenvalue weighted by molar-refractivity contribution is -0.248. The van der Waals surface area contributed by atoms with Crippen molar-refractivity contribution < 1.29 is 133 Å². The summed E-state index contributed by atoms with van der Waals surface area (Å²) in [6.45, 7) is 32.2. The molecule has 8 saturated carbocycles. The molecule has 98 heavy (non-hydrogen) atoms. The highest BCUT2D eigenvalue weighted by Gasteiger charge is 2.64. The van der Waals surface area contributed by atoms with Crippen molar-refractivity contribution in [2.45, 2.75) is 213 Å². The summed E-state index contributed by atoms with van der Waals surface area (Å²) in [5, 5.41) is 0. The van der Waals surface area contributed by atoms with Gasteiger partial charge in [0.25, 0.3) is 0 Å². The monoisotopic (exact) mass is 1390 g/mol. The van der Waals surface area contributed by atoms with Crippen molar-refractivity contribution >= 4 is 71.6 Å². The Labute approximate surface area is 568 Å². The topological polar surface area (TPSA) is 334 Å². The molecule has 0 radical (unpaired) electrons. The summed E-state index contributed by atoms with van der Waals surface area (Å²) in [7, 11) is 0. The lowest BCUT2D eigenvalue weighted by atomic mass is 9.52. The second-order valence-electron chi connectivity index (χ2n) is 27.8. The zero-order valence-electron chi connectivity index (χ0n) is 57.6. The molecule has 0 aromatic heterocycles. The minimum atomic E-state index is -3.53. The number of cyclic esters (lactones) is 1. The van der Waals surface area contributed by atoms with Crippen molar-refractivity contribution in [3.05, 3.63) is 60.8 Å². The number of carbonyl (C=O) groups is 12. The fourth-order valence-corrected chi connectivity index (χ4v) is 14.4. The molecular formula is C70H94F2O26. The molecule has 0 amide bonds. The van der Waals surface area contributed by atoms with Crippen molar-refractivity contribution in [2.24, 2.45) is 53.3 Å². The smallest absolute Gasteiger partial charge is 0.376 e. The highest BCUT2D eigenvalue weighted by atomic mass is 19.3. The molecule has 15 unspecified atom stereocenters. The van der Waals surface area contributed by atoms with E-state index in [4.69, 9.17) is 52.1 Å². The van der Waals surface area contributed by atoms with E-state index in [1.54, 1.807) is 20.8 Å². The van der Waals surface area contributed by atoms with Gasteiger partial charge in [0.05, 0.1) is 30.7 Å². The van der Waals surface area contributed by atoms with E-state index in [1.165, 1.54) is 27.7 Å². The SMILES string of the molecule is C=C(C)C(=O)OC12CC3CC(C1)CC(OC(C)C(=O)OC(C)OCC(C)C)(C3)C2.C=C(C)C(=O)OC1CCOC1=O.C=C(C)C(=O)OCC(=O)OC1C2CC3C(=O)OC1C3C2.C=C(C)C(=O)OCC(=O)OC1C2CC3CC(C2)C(=O)OC1C3.C=C(C)C(=O)OCCOC(=O)C(C)(F)F. The zero-order valence-corrected chi connectivity index (χ0v) is 57.6. The predicted molar refractivity (Wildman–Crippen MR) is 335 cm³/mol. The van der Waals surface area contributed by atoms with E-state index in [0.717, 1.165) is 70.6 Å². The van der Waals surface area contributed by atoms with Gasteiger partial charge in [-0.05, 0) is 143 Å². The van der Waals surface area contributed by atoms with Gasteiger partial charge >= 0.3 is 77.6 Å². The maximum atomic E-state index is 12.5. The van der Waals surface area contributed by atoms with Gasteiger partial charge in [0.15, 0.2) is 25.6 Å². The Balaban J connectivity index is 0.000000199. The number of alkyl halides is 2. The molecule has 28 heteroatoms. The molecule has 12 rings (SSSR count). The molecule has 0 N–H and O–H groups in total. The molecule has 12 aliphatic rings. The first-order chi connectivity index (χ1) is 45.8. The predicted octanol–water partition coefficient (Wildman–Crippen LogP) is 7.87. The summed E-state index contributed by atoms with van der Waals surface area (Å²) in [6.07, 6.45) is 7.24. The molecule has 0 spiro atoms. The Morgan fingerprint density at radius 3 is 1.66 bits per heavy atom. The van der Waals surface area contributed by atoms with Crippen LogP contribution in [-0.4, -0.2) is 171 Å². The molecule has 4 heterocycles. The molecule has 0 aromatic carbocycles. The molecule has 0 aromatic rings. The van der Waals surface area contributed by atoms with Gasteiger partial charge in [-0.25, -0.2) is 47.9 Å². The Hall–Kier alpha value is -7.88. The summed E-state index contributed by atoms with van der Waals surface area (Å²) in [4.78, 5) is 137. The average Bonchev–Trinajstić information content (AvgIpc) is 0.946. The second kappa shape index (κ2) is 34.3. The van der Waals surface area contributed by atoms with Crippen LogP contribution in [0.1, 0.15) is 153 Å². The van der Waals surface area contributed by atoms with Crippen LogP contribution in [0, 0.1) is 53.3 Å². The fourth-order valence-electron chi connectivity index (χ4n) is 14.4. The van der Waals surface area contributed by atoms with Crippen LogP contribution in [0.2, 0.25) is 0 Å². The molecular weight excluding hydrogens is 1290 g/mol. The minimum absolute atomic E-state index is 0.0128. The van der Waals surface area contributed by atoms with Gasteiger partial charge in [-0.1, -0.05) is 46.7 Å². The number of ether oxygens (including phenoxy) is 14. The largest absolute Gasteiger partial charge is 0.463 e. The van der Waals surface area contributed by atoms with Gasteiger partial charge in [0, 0.05) is 65.4 Å². The molecule has 544 valence electrons.